The summed E-state index contributed by atoms with van der Waals surface area (Å²) in [6.45, 7) is 10.1. The lowest BCUT2D eigenvalue weighted by molar-refractivity contribution is 0.0529. The molecule has 142 valence electrons. The molecule has 0 unspecified atom stereocenters. The van der Waals surface area contributed by atoms with Gasteiger partial charge in [0.1, 0.15) is 5.60 Å². The summed E-state index contributed by atoms with van der Waals surface area (Å²) in [5.41, 5.74) is -1.20. The average molecular weight is 366 g/mol. The Labute approximate surface area is 145 Å². The minimum atomic E-state index is -3.29. The maximum Gasteiger partial charge on any atom is 0.407 e. The number of aliphatic imine (C=N–C) groups is 1. The van der Waals surface area contributed by atoms with Gasteiger partial charge >= 0.3 is 6.09 Å². The molecule has 0 aliphatic rings. The molecule has 0 aromatic heterocycles. The van der Waals surface area contributed by atoms with Gasteiger partial charge in [0.25, 0.3) is 0 Å². The second-order valence-corrected chi connectivity index (χ2v) is 8.79. The van der Waals surface area contributed by atoms with Crippen LogP contribution in [-0.4, -0.2) is 64.5 Å². The number of carbonyl (C=O) groups is 1. The first kappa shape index (κ1) is 22.4. The standard InChI is InChI=1S/C14H31N5O4S/c1-13(2,3)23-12(20)17-9-8-16-11(15-6)18-10-14(4,5)19-24(7,21)22/h19H,8-10H2,1-7H3,(H,17,20)(H2,15,16,18). The topological polar surface area (TPSA) is 121 Å². The van der Waals surface area contributed by atoms with E-state index >= 15 is 0 Å². The molecule has 0 fully saturated rings. The molecule has 0 radical (unpaired) electrons. The molecule has 0 aliphatic carbocycles. The van der Waals surface area contributed by atoms with Gasteiger partial charge in [-0.25, -0.2) is 17.9 Å². The Bertz CT molecular complexity index is 538. The number of nitrogens with zero attached hydrogens (tertiary/aromatic N) is 1. The summed E-state index contributed by atoms with van der Waals surface area (Å²) in [5.74, 6) is 0.504. The predicted octanol–water partition coefficient (Wildman–Crippen LogP) is 0.00390. The van der Waals surface area contributed by atoms with Crippen LogP contribution in [0.3, 0.4) is 0 Å². The number of ether oxygens (including phenoxy) is 1. The van der Waals surface area contributed by atoms with Crippen molar-refractivity contribution >= 4 is 22.1 Å². The van der Waals surface area contributed by atoms with Gasteiger partial charge in [-0.2, -0.15) is 0 Å². The van der Waals surface area contributed by atoms with E-state index in [4.69, 9.17) is 4.74 Å². The lowest BCUT2D eigenvalue weighted by atomic mass is 10.1. The number of guanidine groups is 1. The summed E-state index contributed by atoms with van der Waals surface area (Å²) in [4.78, 5) is 15.5. The van der Waals surface area contributed by atoms with Gasteiger partial charge in [-0.3, -0.25) is 4.99 Å². The number of nitrogens with one attached hydrogen (secondary N) is 4. The Kier molecular flexibility index (Phi) is 8.48. The summed E-state index contributed by atoms with van der Waals surface area (Å²) >= 11 is 0. The SMILES string of the molecule is CN=C(NCCNC(=O)OC(C)(C)C)NCC(C)(C)NS(C)(=O)=O. The molecule has 0 aliphatic heterocycles. The zero-order valence-electron chi connectivity index (χ0n) is 15.6. The largest absolute Gasteiger partial charge is 0.444 e. The third-order valence-electron chi connectivity index (χ3n) is 2.47. The van der Waals surface area contributed by atoms with E-state index in [2.05, 4.69) is 25.7 Å². The van der Waals surface area contributed by atoms with Crippen LogP contribution in [0.25, 0.3) is 0 Å². The number of amides is 1. The summed E-state index contributed by atoms with van der Waals surface area (Å²) in [7, 11) is -1.69. The molecule has 0 aromatic carbocycles. The van der Waals surface area contributed by atoms with Crippen LogP contribution in [0.15, 0.2) is 4.99 Å². The van der Waals surface area contributed by atoms with E-state index in [9.17, 15) is 13.2 Å². The van der Waals surface area contributed by atoms with E-state index in [0.29, 0.717) is 25.6 Å². The zero-order chi connectivity index (χ0) is 19.0. The van der Waals surface area contributed by atoms with Gasteiger partial charge < -0.3 is 20.7 Å². The van der Waals surface area contributed by atoms with Gasteiger partial charge in [0, 0.05) is 32.2 Å². The molecule has 0 aromatic rings. The molecule has 24 heavy (non-hydrogen) atoms. The van der Waals surface area contributed by atoms with Crippen molar-refractivity contribution in [1.29, 1.82) is 0 Å². The average Bonchev–Trinajstić information content (AvgIpc) is 2.32. The third kappa shape index (κ3) is 12.9. The van der Waals surface area contributed by atoms with Crippen LogP contribution in [0, 0.1) is 0 Å². The van der Waals surface area contributed by atoms with E-state index in [1.807, 2.05) is 0 Å². The van der Waals surface area contributed by atoms with Crippen LogP contribution in [0.1, 0.15) is 34.6 Å². The molecule has 9 nitrogen and oxygen atoms in total. The first-order valence-corrected chi connectivity index (χ1v) is 9.53. The fraction of sp³-hybridized carbons (Fsp3) is 0.857. The molecule has 0 saturated carbocycles. The Morgan fingerprint density at radius 3 is 2.04 bits per heavy atom. The summed E-state index contributed by atoms with van der Waals surface area (Å²) < 4.78 is 30.2. The first-order valence-electron chi connectivity index (χ1n) is 7.64. The van der Waals surface area contributed by atoms with Crippen molar-refractivity contribution in [3.63, 3.8) is 0 Å². The number of carbonyl (C=O) groups excluding carboxylic acids is 1. The van der Waals surface area contributed by atoms with E-state index in [1.54, 1.807) is 41.7 Å². The van der Waals surface area contributed by atoms with E-state index < -0.39 is 27.3 Å². The fourth-order valence-electron chi connectivity index (χ4n) is 1.72. The minimum Gasteiger partial charge on any atom is -0.444 e. The molecule has 0 saturated heterocycles. The van der Waals surface area contributed by atoms with Crippen LogP contribution in [0.2, 0.25) is 0 Å². The van der Waals surface area contributed by atoms with Gasteiger partial charge in [0.2, 0.25) is 10.0 Å². The first-order chi connectivity index (χ1) is 10.7. The van der Waals surface area contributed by atoms with Gasteiger partial charge in [0.05, 0.1) is 6.26 Å². The smallest absolute Gasteiger partial charge is 0.407 e. The molecule has 0 bridgehead atoms. The van der Waals surface area contributed by atoms with E-state index in [-0.39, 0.29) is 0 Å². The molecular formula is C14H31N5O4S. The highest BCUT2D eigenvalue weighted by molar-refractivity contribution is 7.88. The Hall–Kier alpha value is -1.55. The highest BCUT2D eigenvalue weighted by Gasteiger charge is 2.22. The van der Waals surface area contributed by atoms with Crippen LogP contribution < -0.4 is 20.7 Å². The normalized spacial score (nSPS) is 13.4. The Morgan fingerprint density at radius 1 is 1.04 bits per heavy atom. The predicted molar refractivity (Wildman–Crippen MR) is 95.7 cm³/mol. The third-order valence-corrected chi connectivity index (χ3v) is 3.39. The molecule has 1 amide bonds. The van der Waals surface area contributed by atoms with Crippen LogP contribution in [-0.2, 0) is 14.8 Å². The summed E-state index contributed by atoms with van der Waals surface area (Å²) in [5, 5.41) is 8.67. The molecular weight excluding hydrogens is 334 g/mol. The number of hydrogen-bond acceptors (Lipinski definition) is 5. The van der Waals surface area contributed by atoms with Crippen molar-refractivity contribution in [3.8, 4) is 0 Å². The van der Waals surface area contributed by atoms with Crippen molar-refractivity contribution in [2.45, 2.75) is 45.8 Å². The van der Waals surface area contributed by atoms with Crippen molar-refractivity contribution in [1.82, 2.24) is 20.7 Å². The van der Waals surface area contributed by atoms with Crippen molar-refractivity contribution < 1.29 is 17.9 Å². The number of hydrogen-bond donors (Lipinski definition) is 4. The maximum atomic E-state index is 11.5. The molecule has 10 heteroatoms. The van der Waals surface area contributed by atoms with Crippen molar-refractivity contribution in [2.75, 3.05) is 32.9 Å². The van der Waals surface area contributed by atoms with E-state index in [0.717, 1.165) is 6.26 Å². The van der Waals surface area contributed by atoms with Gasteiger partial charge in [0.15, 0.2) is 5.96 Å². The van der Waals surface area contributed by atoms with Crippen molar-refractivity contribution in [2.24, 2.45) is 4.99 Å². The summed E-state index contributed by atoms with van der Waals surface area (Å²) in [6.07, 6.45) is 0.634. The Balaban J connectivity index is 4.16. The zero-order valence-corrected chi connectivity index (χ0v) is 16.4. The number of alkyl carbamates (subject to hydrolysis) is 1. The van der Waals surface area contributed by atoms with Gasteiger partial charge in [-0.1, -0.05) is 0 Å². The second kappa shape index (κ2) is 9.07. The summed E-state index contributed by atoms with van der Waals surface area (Å²) in [6, 6.07) is 0. The molecule has 4 N–H and O–H groups in total. The number of sulfonamides is 1. The van der Waals surface area contributed by atoms with Gasteiger partial charge in [-0.05, 0) is 34.6 Å². The highest BCUT2D eigenvalue weighted by Crippen LogP contribution is 2.06. The van der Waals surface area contributed by atoms with E-state index in [1.165, 1.54) is 0 Å². The monoisotopic (exact) mass is 365 g/mol. The lowest BCUT2D eigenvalue weighted by Crippen LogP contribution is -2.53. The second-order valence-electron chi connectivity index (χ2n) is 7.04. The van der Waals surface area contributed by atoms with Crippen LogP contribution in [0.5, 0.6) is 0 Å². The van der Waals surface area contributed by atoms with Crippen LogP contribution in [0.4, 0.5) is 4.79 Å². The van der Waals surface area contributed by atoms with Gasteiger partial charge in [-0.15, -0.1) is 0 Å². The fourth-order valence-corrected chi connectivity index (χ4v) is 2.80. The number of rotatable bonds is 7. The lowest BCUT2D eigenvalue weighted by Gasteiger charge is -2.26. The van der Waals surface area contributed by atoms with Crippen LogP contribution >= 0.6 is 0 Å². The molecule has 0 heterocycles. The maximum absolute atomic E-state index is 11.5. The Morgan fingerprint density at radius 2 is 1.58 bits per heavy atom. The molecule has 0 spiro atoms. The molecule has 0 rings (SSSR count). The van der Waals surface area contributed by atoms with Crippen molar-refractivity contribution in [3.05, 3.63) is 0 Å². The quantitative estimate of drug-likeness (QED) is 0.286. The molecule has 0 atom stereocenters. The minimum absolute atomic E-state index is 0.346. The highest BCUT2D eigenvalue weighted by atomic mass is 32.2.